The zero-order chi connectivity index (χ0) is 8.65. The van der Waals surface area contributed by atoms with Crippen LogP contribution in [0.4, 0.5) is 0 Å². The van der Waals surface area contributed by atoms with E-state index in [9.17, 15) is 8.42 Å². The van der Waals surface area contributed by atoms with E-state index >= 15 is 0 Å². The average molecular weight is 177 g/mol. The highest BCUT2D eigenvalue weighted by Gasteiger charge is 2.33. The second kappa shape index (κ2) is 2.75. The van der Waals surface area contributed by atoms with Crippen molar-refractivity contribution in [2.45, 2.75) is 32.9 Å². The van der Waals surface area contributed by atoms with Gasteiger partial charge in [0.25, 0.3) is 0 Å². The fraction of sp³-hybridized carbons (Fsp3) is 1.00. The summed E-state index contributed by atoms with van der Waals surface area (Å²) in [5.41, 5.74) is 0. The summed E-state index contributed by atoms with van der Waals surface area (Å²) in [7, 11) is -2.76. The van der Waals surface area contributed by atoms with Crippen molar-refractivity contribution in [2.75, 3.05) is 11.6 Å². The predicted molar refractivity (Wildman–Crippen MR) is 45.1 cm³/mol. The summed E-state index contributed by atoms with van der Waals surface area (Å²) < 4.78 is 22.2. The maximum Gasteiger partial charge on any atom is 0.164 e. The molecule has 4 heteroatoms. The number of hydrogen-bond donors (Lipinski definition) is 0. The van der Waals surface area contributed by atoms with Crippen LogP contribution in [0.5, 0.6) is 0 Å². The first-order valence-corrected chi connectivity index (χ1v) is 5.70. The van der Waals surface area contributed by atoms with Gasteiger partial charge in [0.2, 0.25) is 0 Å². The van der Waals surface area contributed by atoms with Crippen LogP contribution in [0.15, 0.2) is 0 Å². The first-order chi connectivity index (χ1) is 4.92. The molecule has 0 saturated carbocycles. The minimum atomic E-state index is -2.76. The molecule has 66 valence electrons. The van der Waals surface area contributed by atoms with Gasteiger partial charge in [-0.15, -0.1) is 0 Å². The van der Waals surface area contributed by atoms with Gasteiger partial charge in [0.15, 0.2) is 9.84 Å². The zero-order valence-corrected chi connectivity index (χ0v) is 8.06. The first kappa shape index (κ1) is 9.00. The molecule has 0 aromatic heterocycles. The number of rotatable bonds is 1. The summed E-state index contributed by atoms with van der Waals surface area (Å²) in [6.45, 7) is 6.01. The van der Waals surface area contributed by atoms with Gasteiger partial charge in [0.1, 0.15) is 5.88 Å². The highest BCUT2D eigenvalue weighted by molar-refractivity contribution is 7.91. The van der Waals surface area contributed by atoms with E-state index in [0.717, 1.165) is 0 Å². The van der Waals surface area contributed by atoms with Gasteiger partial charge in [0, 0.05) is 12.1 Å². The Bertz CT molecular complexity index is 233. The van der Waals surface area contributed by atoms with Gasteiger partial charge < -0.3 is 0 Å². The molecule has 1 aliphatic rings. The maximum absolute atomic E-state index is 11.1. The molecule has 1 saturated heterocycles. The van der Waals surface area contributed by atoms with Crippen molar-refractivity contribution in [1.29, 1.82) is 0 Å². The summed E-state index contributed by atoms with van der Waals surface area (Å²) in [6, 6.07) is 0.530. The van der Waals surface area contributed by atoms with Crippen LogP contribution in [0.25, 0.3) is 0 Å². The largest absolute Gasteiger partial charge is 0.284 e. The summed E-state index contributed by atoms with van der Waals surface area (Å²) in [6.07, 6.45) is 0. The van der Waals surface area contributed by atoms with Gasteiger partial charge >= 0.3 is 0 Å². The third-order valence-electron chi connectivity index (χ3n) is 2.07. The van der Waals surface area contributed by atoms with E-state index in [1.807, 2.05) is 25.7 Å². The van der Waals surface area contributed by atoms with E-state index in [-0.39, 0.29) is 11.9 Å². The van der Waals surface area contributed by atoms with Crippen LogP contribution in [-0.4, -0.2) is 37.0 Å². The third kappa shape index (κ3) is 1.93. The second-order valence-electron chi connectivity index (χ2n) is 3.50. The molecule has 1 atom stereocenters. The standard InChI is InChI=1S/C7H15NO2S/c1-6(2)8-5-11(9,10)4-7(8)3/h6-7H,4-5H2,1-3H3. The number of sulfone groups is 1. The summed E-state index contributed by atoms with van der Waals surface area (Å²) in [5.74, 6) is 0.566. The lowest BCUT2D eigenvalue weighted by atomic mass is 10.2. The molecule has 0 amide bonds. The maximum atomic E-state index is 11.1. The van der Waals surface area contributed by atoms with E-state index in [4.69, 9.17) is 0 Å². The van der Waals surface area contributed by atoms with Gasteiger partial charge in [-0.3, -0.25) is 4.90 Å². The Labute approximate surface area is 68.3 Å². The van der Waals surface area contributed by atoms with Gasteiger partial charge in [-0.05, 0) is 20.8 Å². The zero-order valence-electron chi connectivity index (χ0n) is 7.24. The fourth-order valence-electron chi connectivity index (χ4n) is 1.53. The fourth-order valence-corrected chi connectivity index (χ4v) is 3.57. The molecule has 0 radical (unpaired) electrons. The predicted octanol–water partition coefficient (Wildman–Crippen LogP) is 0.471. The normalized spacial score (nSPS) is 31.5. The molecule has 0 N–H and O–H groups in total. The van der Waals surface area contributed by atoms with Crippen molar-refractivity contribution < 1.29 is 8.42 Å². The molecular weight excluding hydrogens is 162 g/mol. The number of nitrogens with zero attached hydrogens (tertiary/aromatic N) is 1. The summed E-state index contributed by atoms with van der Waals surface area (Å²) >= 11 is 0. The first-order valence-electron chi connectivity index (χ1n) is 3.88. The molecule has 1 heterocycles. The van der Waals surface area contributed by atoms with Crippen molar-refractivity contribution in [3.8, 4) is 0 Å². The molecule has 0 bridgehead atoms. The molecule has 1 fully saturated rings. The summed E-state index contributed by atoms with van der Waals surface area (Å²) in [4.78, 5) is 2.01. The molecule has 0 aromatic rings. The van der Waals surface area contributed by atoms with E-state index in [1.54, 1.807) is 0 Å². The number of hydrogen-bond acceptors (Lipinski definition) is 3. The lowest BCUT2D eigenvalue weighted by Gasteiger charge is -2.23. The Kier molecular flexibility index (Phi) is 2.25. The highest BCUT2D eigenvalue weighted by Crippen LogP contribution is 2.17. The van der Waals surface area contributed by atoms with Crippen LogP contribution in [-0.2, 0) is 9.84 Å². The minimum absolute atomic E-state index is 0.194. The van der Waals surface area contributed by atoms with E-state index in [0.29, 0.717) is 11.8 Å². The Morgan fingerprint density at radius 1 is 1.45 bits per heavy atom. The van der Waals surface area contributed by atoms with Crippen molar-refractivity contribution >= 4 is 9.84 Å². The molecule has 3 nitrogen and oxygen atoms in total. The minimum Gasteiger partial charge on any atom is -0.284 e. The van der Waals surface area contributed by atoms with Crippen LogP contribution in [0.3, 0.4) is 0 Å². The lowest BCUT2D eigenvalue weighted by Crippen LogP contribution is -2.34. The van der Waals surface area contributed by atoms with Crippen LogP contribution < -0.4 is 0 Å². The van der Waals surface area contributed by atoms with Gasteiger partial charge in [-0.1, -0.05) is 0 Å². The quantitative estimate of drug-likeness (QED) is 0.584. The molecule has 0 spiro atoms. The van der Waals surface area contributed by atoms with E-state index < -0.39 is 9.84 Å². The van der Waals surface area contributed by atoms with Crippen molar-refractivity contribution in [1.82, 2.24) is 4.90 Å². The SMILES string of the molecule is CC(C)N1CS(=O)(=O)CC1C. The topological polar surface area (TPSA) is 37.4 Å². The Morgan fingerprint density at radius 2 is 2.00 bits per heavy atom. The van der Waals surface area contributed by atoms with Crippen LogP contribution in [0.2, 0.25) is 0 Å². The Hall–Kier alpha value is -0.0900. The molecule has 1 rings (SSSR count). The van der Waals surface area contributed by atoms with E-state index in [2.05, 4.69) is 0 Å². The second-order valence-corrected chi connectivity index (χ2v) is 5.57. The highest BCUT2D eigenvalue weighted by atomic mass is 32.2. The summed E-state index contributed by atoms with van der Waals surface area (Å²) in [5, 5.41) is 0. The Morgan fingerprint density at radius 3 is 2.18 bits per heavy atom. The smallest absolute Gasteiger partial charge is 0.164 e. The average Bonchev–Trinajstić information content (AvgIpc) is 2.05. The van der Waals surface area contributed by atoms with Crippen LogP contribution in [0.1, 0.15) is 20.8 Å². The third-order valence-corrected chi connectivity index (χ3v) is 3.75. The van der Waals surface area contributed by atoms with Crippen molar-refractivity contribution in [3.63, 3.8) is 0 Å². The van der Waals surface area contributed by atoms with Crippen molar-refractivity contribution in [2.24, 2.45) is 0 Å². The van der Waals surface area contributed by atoms with Gasteiger partial charge in [-0.2, -0.15) is 0 Å². The van der Waals surface area contributed by atoms with Gasteiger partial charge in [0.05, 0.1) is 5.75 Å². The van der Waals surface area contributed by atoms with E-state index in [1.165, 1.54) is 0 Å². The monoisotopic (exact) mass is 177 g/mol. The molecular formula is C7H15NO2S. The molecule has 11 heavy (non-hydrogen) atoms. The Balaban J connectivity index is 2.75. The van der Waals surface area contributed by atoms with Crippen LogP contribution in [0, 0.1) is 0 Å². The van der Waals surface area contributed by atoms with Gasteiger partial charge in [-0.25, -0.2) is 8.42 Å². The molecule has 0 aromatic carbocycles. The molecule has 1 unspecified atom stereocenters. The van der Waals surface area contributed by atoms with Crippen molar-refractivity contribution in [3.05, 3.63) is 0 Å². The lowest BCUT2D eigenvalue weighted by molar-refractivity contribution is 0.226. The molecule has 1 aliphatic heterocycles. The van der Waals surface area contributed by atoms with Crippen LogP contribution >= 0.6 is 0 Å². The molecule has 0 aliphatic carbocycles.